The van der Waals surface area contributed by atoms with Gasteiger partial charge in [-0.1, -0.05) is 6.92 Å². The quantitative estimate of drug-likeness (QED) is 0.804. The molecule has 1 amide bonds. The first kappa shape index (κ1) is 15.7. The molecule has 0 spiro atoms. The highest BCUT2D eigenvalue weighted by atomic mass is 19.3. The van der Waals surface area contributed by atoms with Gasteiger partial charge in [0, 0.05) is 13.1 Å². The summed E-state index contributed by atoms with van der Waals surface area (Å²) in [5.74, 6) is -7.97. The lowest BCUT2D eigenvalue weighted by Crippen LogP contribution is -2.55. The van der Waals surface area contributed by atoms with Gasteiger partial charge in [-0.3, -0.25) is 9.59 Å². The lowest BCUT2D eigenvalue weighted by molar-refractivity contribution is -0.185. The van der Waals surface area contributed by atoms with E-state index in [4.69, 9.17) is 5.11 Å². The summed E-state index contributed by atoms with van der Waals surface area (Å²) in [5.41, 5.74) is -1.33. The minimum absolute atomic E-state index is 0.129. The predicted molar refractivity (Wildman–Crippen MR) is 57.1 cm³/mol. The zero-order valence-electron chi connectivity index (χ0n) is 10.3. The van der Waals surface area contributed by atoms with Crippen molar-refractivity contribution in [2.45, 2.75) is 38.5 Å². The molecule has 0 aliphatic carbocycles. The van der Waals surface area contributed by atoms with Crippen molar-refractivity contribution in [1.82, 2.24) is 4.90 Å². The van der Waals surface area contributed by atoms with Crippen LogP contribution >= 0.6 is 0 Å². The monoisotopic (exact) mass is 285 g/mol. The Bertz CT molecular complexity index is 375. The van der Waals surface area contributed by atoms with E-state index in [0.29, 0.717) is 4.90 Å². The maximum Gasteiger partial charge on any atom is 0.383 e. The van der Waals surface area contributed by atoms with Gasteiger partial charge in [0.25, 0.3) is 5.91 Å². The molecule has 0 saturated carbocycles. The molecule has 110 valence electrons. The predicted octanol–water partition coefficient (Wildman–Crippen LogP) is 1.99. The highest BCUT2D eigenvalue weighted by molar-refractivity contribution is 5.85. The van der Waals surface area contributed by atoms with Crippen molar-refractivity contribution in [3.05, 3.63) is 0 Å². The molecule has 4 nitrogen and oxygen atoms in total. The molecule has 1 unspecified atom stereocenters. The van der Waals surface area contributed by atoms with Crippen LogP contribution in [-0.2, 0) is 9.59 Å². The Kier molecular flexibility index (Phi) is 4.42. The zero-order chi connectivity index (χ0) is 14.8. The number of carboxylic acids is 1. The highest BCUT2D eigenvalue weighted by Gasteiger charge is 2.53. The van der Waals surface area contributed by atoms with Crippen LogP contribution in [0.2, 0.25) is 0 Å². The first-order valence-corrected chi connectivity index (χ1v) is 5.86. The van der Waals surface area contributed by atoms with Crippen molar-refractivity contribution >= 4 is 11.9 Å². The maximum absolute atomic E-state index is 13.0. The van der Waals surface area contributed by atoms with Gasteiger partial charge in [-0.15, -0.1) is 0 Å². The number of piperidine rings is 1. The fraction of sp³-hybridized carbons (Fsp3) is 0.818. The molecular weight excluding hydrogens is 270 g/mol. The fourth-order valence-electron chi connectivity index (χ4n) is 2.22. The summed E-state index contributed by atoms with van der Waals surface area (Å²) < 4.78 is 50.3. The Hall–Kier alpha value is -1.34. The van der Waals surface area contributed by atoms with Crippen LogP contribution in [0.1, 0.15) is 26.2 Å². The summed E-state index contributed by atoms with van der Waals surface area (Å²) in [7, 11) is 0. The maximum atomic E-state index is 13.0. The number of likely N-dealkylation sites (tertiary alicyclic amines) is 1. The van der Waals surface area contributed by atoms with E-state index in [9.17, 15) is 27.2 Å². The molecule has 1 rings (SSSR count). The summed E-state index contributed by atoms with van der Waals surface area (Å²) in [6.07, 6.45) is -3.51. The van der Waals surface area contributed by atoms with Gasteiger partial charge in [0.15, 0.2) is 0 Å². The molecule has 0 aromatic heterocycles. The van der Waals surface area contributed by atoms with Crippen LogP contribution in [0.4, 0.5) is 17.6 Å². The van der Waals surface area contributed by atoms with E-state index >= 15 is 0 Å². The average molecular weight is 285 g/mol. The summed E-state index contributed by atoms with van der Waals surface area (Å²) >= 11 is 0. The highest BCUT2D eigenvalue weighted by Crippen LogP contribution is 2.36. The van der Waals surface area contributed by atoms with Gasteiger partial charge >= 0.3 is 18.3 Å². The van der Waals surface area contributed by atoms with Crippen LogP contribution in [0.15, 0.2) is 0 Å². The summed E-state index contributed by atoms with van der Waals surface area (Å²) in [6, 6.07) is 0. The minimum Gasteiger partial charge on any atom is -0.481 e. The molecule has 0 bridgehead atoms. The van der Waals surface area contributed by atoms with E-state index < -0.39 is 36.2 Å². The van der Waals surface area contributed by atoms with Crippen molar-refractivity contribution < 1.29 is 32.3 Å². The second-order valence-electron chi connectivity index (χ2n) is 4.69. The molecule has 1 aliphatic heterocycles. The van der Waals surface area contributed by atoms with E-state index in [-0.39, 0.29) is 25.8 Å². The number of alkyl halides is 4. The van der Waals surface area contributed by atoms with E-state index in [2.05, 4.69) is 0 Å². The molecule has 8 heteroatoms. The van der Waals surface area contributed by atoms with Gasteiger partial charge in [0.05, 0.1) is 5.41 Å². The lowest BCUT2D eigenvalue weighted by Gasteiger charge is -2.40. The second-order valence-corrected chi connectivity index (χ2v) is 4.69. The lowest BCUT2D eigenvalue weighted by atomic mass is 9.77. The van der Waals surface area contributed by atoms with Gasteiger partial charge in [-0.05, 0) is 19.3 Å². The molecule has 1 heterocycles. The van der Waals surface area contributed by atoms with E-state index in [1.54, 1.807) is 6.92 Å². The van der Waals surface area contributed by atoms with Crippen LogP contribution < -0.4 is 0 Å². The van der Waals surface area contributed by atoms with E-state index in [1.807, 2.05) is 0 Å². The van der Waals surface area contributed by atoms with Gasteiger partial charge in [0.2, 0.25) is 0 Å². The first-order chi connectivity index (χ1) is 8.67. The number of carboxylic acid groups (broad SMARTS) is 1. The van der Waals surface area contributed by atoms with Crippen LogP contribution in [0, 0.1) is 5.41 Å². The third kappa shape index (κ3) is 2.82. The molecule has 1 N–H and O–H groups in total. The average Bonchev–Trinajstić information content (AvgIpc) is 2.37. The van der Waals surface area contributed by atoms with Gasteiger partial charge in [-0.2, -0.15) is 8.78 Å². The number of carbonyl (C=O) groups excluding carboxylic acids is 1. The van der Waals surface area contributed by atoms with Gasteiger partial charge < -0.3 is 10.0 Å². The first-order valence-electron chi connectivity index (χ1n) is 5.86. The number of nitrogens with zero attached hydrogens (tertiary/aromatic N) is 1. The van der Waals surface area contributed by atoms with E-state index in [1.165, 1.54) is 0 Å². The Morgan fingerprint density at radius 2 is 2.00 bits per heavy atom. The molecule has 19 heavy (non-hydrogen) atoms. The zero-order valence-corrected chi connectivity index (χ0v) is 10.3. The van der Waals surface area contributed by atoms with Crippen molar-refractivity contribution in [1.29, 1.82) is 0 Å². The molecular formula is C11H15F4NO3. The Morgan fingerprint density at radius 1 is 1.42 bits per heavy atom. The van der Waals surface area contributed by atoms with Crippen LogP contribution in [0.3, 0.4) is 0 Å². The smallest absolute Gasteiger partial charge is 0.383 e. The number of rotatable bonds is 4. The third-order valence-corrected chi connectivity index (χ3v) is 3.55. The SMILES string of the molecule is CCC1(C(=O)O)CCCN(C(=O)C(F)(F)C(F)F)C1. The summed E-state index contributed by atoms with van der Waals surface area (Å²) in [4.78, 5) is 23.1. The van der Waals surface area contributed by atoms with Crippen molar-refractivity contribution in [3.63, 3.8) is 0 Å². The Labute approximate surface area is 107 Å². The molecule has 1 aliphatic rings. The van der Waals surface area contributed by atoms with E-state index in [0.717, 1.165) is 0 Å². The normalized spacial score (nSPS) is 24.6. The van der Waals surface area contributed by atoms with Crippen molar-refractivity contribution in [3.8, 4) is 0 Å². The van der Waals surface area contributed by atoms with Crippen LogP contribution in [-0.4, -0.2) is 47.3 Å². The number of hydrogen-bond donors (Lipinski definition) is 1. The number of carbonyl (C=O) groups is 2. The molecule has 1 atom stereocenters. The Morgan fingerprint density at radius 3 is 2.42 bits per heavy atom. The number of aliphatic carboxylic acids is 1. The summed E-state index contributed by atoms with van der Waals surface area (Å²) in [5, 5.41) is 9.13. The number of halogens is 4. The molecule has 0 radical (unpaired) electrons. The van der Waals surface area contributed by atoms with Crippen molar-refractivity contribution in [2.75, 3.05) is 13.1 Å². The molecule has 1 fully saturated rings. The molecule has 0 aromatic carbocycles. The van der Waals surface area contributed by atoms with Gasteiger partial charge in [-0.25, -0.2) is 8.78 Å². The summed E-state index contributed by atoms with van der Waals surface area (Å²) in [6.45, 7) is 0.976. The largest absolute Gasteiger partial charge is 0.481 e. The van der Waals surface area contributed by atoms with Crippen LogP contribution in [0.5, 0.6) is 0 Å². The molecule has 0 aromatic rings. The van der Waals surface area contributed by atoms with Gasteiger partial charge in [0.1, 0.15) is 0 Å². The fourth-order valence-corrected chi connectivity index (χ4v) is 2.22. The number of amides is 1. The van der Waals surface area contributed by atoms with Crippen molar-refractivity contribution in [2.24, 2.45) is 5.41 Å². The topological polar surface area (TPSA) is 57.6 Å². The van der Waals surface area contributed by atoms with Crippen LogP contribution in [0.25, 0.3) is 0 Å². The molecule has 1 saturated heterocycles. The minimum atomic E-state index is -4.77. The Balaban J connectivity index is 2.92. The number of hydrogen-bond acceptors (Lipinski definition) is 2. The standard InChI is InChI=1S/C11H15F4NO3/c1-2-10(9(18)19)4-3-5-16(6-10)8(17)11(14,15)7(12)13/h7H,2-6H2,1H3,(H,18,19). The second kappa shape index (κ2) is 5.34. The third-order valence-electron chi connectivity index (χ3n) is 3.55.